The van der Waals surface area contributed by atoms with E-state index in [0.717, 1.165) is 39.5 Å². The predicted molar refractivity (Wildman–Crippen MR) is 238 cm³/mol. The van der Waals surface area contributed by atoms with Gasteiger partial charge in [0, 0.05) is 59.7 Å². The van der Waals surface area contributed by atoms with Crippen LogP contribution in [0.4, 0.5) is 17.1 Å². The van der Waals surface area contributed by atoms with E-state index in [1.54, 1.807) is 0 Å². The minimum atomic E-state index is -0.0620. The summed E-state index contributed by atoms with van der Waals surface area (Å²) in [6.45, 7) is 4.68. The van der Waals surface area contributed by atoms with E-state index in [4.69, 9.17) is 4.74 Å². The molecule has 56 heavy (non-hydrogen) atoms. The van der Waals surface area contributed by atoms with Crippen LogP contribution in [0.25, 0.3) is 75.1 Å². The third kappa shape index (κ3) is 4.55. The van der Waals surface area contributed by atoms with E-state index in [-0.39, 0.29) is 5.41 Å². The number of thiophene rings is 1. The maximum Gasteiger partial charge on any atom is 0.137 e. The third-order valence-electron chi connectivity index (χ3n) is 12.2. The zero-order valence-electron chi connectivity index (χ0n) is 31.0. The molecule has 0 atom stereocenters. The van der Waals surface area contributed by atoms with Crippen LogP contribution in [-0.4, -0.2) is 0 Å². The van der Waals surface area contributed by atoms with E-state index in [9.17, 15) is 0 Å². The SMILES string of the molecule is CC1(C)c2ccccc2-c2cc(N(c3ccc4c(c3)Oc3ccc(-c5ccc6ccccc6c5)c5cccc-4c35)c3ccc4c(c3)sc3ccccc34)ccc21. The second-order valence-electron chi connectivity index (χ2n) is 15.7. The molecule has 0 saturated heterocycles. The van der Waals surface area contributed by atoms with Crippen LogP contribution in [-0.2, 0) is 5.41 Å². The van der Waals surface area contributed by atoms with Gasteiger partial charge in [-0.15, -0.1) is 11.3 Å². The molecular formula is C53H35NOS. The number of hydrogen-bond donors (Lipinski definition) is 0. The Hall–Kier alpha value is -6.68. The van der Waals surface area contributed by atoms with Crippen LogP contribution in [0.3, 0.4) is 0 Å². The van der Waals surface area contributed by atoms with Crippen LogP contribution < -0.4 is 9.64 Å². The smallest absolute Gasteiger partial charge is 0.137 e. The molecule has 0 spiro atoms. The molecule has 1 aromatic heterocycles. The lowest BCUT2D eigenvalue weighted by Gasteiger charge is -2.29. The maximum atomic E-state index is 6.91. The lowest BCUT2D eigenvalue weighted by Crippen LogP contribution is -2.15. The number of nitrogens with zero attached hydrogens (tertiary/aromatic N) is 1. The Balaban J connectivity index is 1.02. The Bertz CT molecular complexity index is 3280. The van der Waals surface area contributed by atoms with E-state index in [0.29, 0.717) is 0 Å². The molecule has 264 valence electrons. The maximum absolute atomic E-state index is 6.91. The van der Waals surface area contributed by atoms with Gasteiger partial charge in [-0.3, -0.25) is 0 Å². The first-order chi connectivity index (χ1) is 27.5. The van der Waals surface area contributed by atoms with Crippen molar-refractivity contribution < 1.29 is 4.74 Å². The molecule has 1 aliphatic heterocycles. The van der Waals surface area contributed by atoms with E-state index < -0.39 is 0 Å². The summed E-state index contributed by atoms with van der Waals surface area (Å²) in [5.74, 6) is 1.75. The van der Waals surface area contributed by atoms with Crippen molar-refractivity contribution in [2.75, 3.05) is 4.90 Å². The van der Waals surface area contributed by atoms with Crippen molar-refractivity contribution in [3.63, 3.8) is 0 Å². The van der Waals surface area contributed by atoms with Crippen LogP contribution in [0.5, 0.6) is 11.5 Å². The van der Waals surface area contributed by atoms with Crippen molar-refractivity contribution >= 4 is 70.1 Å². The monoisotopic (exact) mass is 733 g/mol. The van der Waals surface area contributed by atoms with Crippen LogP contribution in [0.2, 0.25) is 0 Å². The highest BCUT2D eigenvalue weighted by Crippen LogP contribution is 2.53. The average molecular weight is 734 g/mol. The molecule has 0 radical (unpaired) electrons. The van der Waals surface area contributed by atoms with Crippen molar-refractivity contribution in [2.45, 2.75) is 19.3 Å². The van der Waals surface area contributed by atoms with Gasteiger partial charge in [-0.1, -0.05) is 129 Å². The van der Waals surface area contributed by atoms with E-state index in [1.165, 1.54) is 75.3 Å². The second kappa shape index (κ2) is 11.7. The molecule has 3 heteroatoms. The summed E-state index contributed by atoms with van der Waals surface area (Å²) in [4.78, 5) is 2.40. The van der Waals surface area contributed by atoms with Crippen LogP contribution in [0.15, 0.2) is 176 Å². The Morgan fingerprint density at radius 3 is 2.07 bits per heavy atom. The molecule has 0 saturated carbocycles. The summed E-state index contributed by atoms with van der Waals surface area (Å²) in [6, 6.07) is 64.6. The molecule has 10 aromatic rings. The van der Waals surface area contributed by atoms with Gasteiger partial charge < -0.3 is 9.64 Å². The van der Waals surface area contributed by atoms with E-state index in [1.807, 2.05) is 11.3 Å². The van der Waals surface area contributed by atoms with Crippen molar-refractivity contribution in [3.8, 4) is 44.9 Å². The first-order valence-electron chi connectivity index (χ1n) is 19.3. The highest BCUT2D eigenvalue weighted by molar-refractivity contribution is 7.25. The lowest BCUT2D eigenvalue weighted by atomic mass is 9.82. The first-order valence-corrected chi connectivity index (χ1v) is 20.1. The summed E-state index contributed by atoms with van der Waals surface area (Å²) in [6.07, 6.45) is 0. The average Bonchev–Trinajstić information content (AvgIpc) is 3.72. The number of benzene rings is 9. The van der Waals surface area contributed by atoms with Gasteiger partial charge in [0.2, 0.25) is 0 Å². The minimum Gasteiger partial charge on any atom is -0.456 e. The lowest BCUT2D eigenvalue weighted by molar-refractivity contribution is 0.487. The largest absolute Gasteiger partial charge is 0.456 e. The van der Waals surface area contributed by atoms with Crippen molar-refractivity contribution in [2.24, 2.45) is 0 Å². The van der Waals surface area contributed by atoms with Gasteiger partial charge in [0.15, 0.2) is 0 Å². The quantitative estimate of drug-likeness (QED) is 0.179. The number of ether oxygens (including phenoxy) is 1. The summed E-state index contributed by atoms with van der Waals surface area (Å²) >= 11 is 1.85. The molecule has 12 rings (SSSR count). The Kier molecular flexibility index (Phi) is 6.59. The molecule has 2 aliphatic rings. The van der Waals surface area contributed by atoms with Gasteiger partial charge in [0.1, 0.15) is 11.5 Å². The van der Waals surface area contributed by atoms with Crippen LogP contribution in [0.1, 0.15) is 25.0 Å². The van der Waals surface area contributed by atoms with E-state index >= 15 is 0 Å². The standard InChI is InChI=1S/C53H35NOS/c1-53(2)46-16-7-5-12-39(46)45-29-35(22-26-47(45)53)54(37-21-24-42-41-13-6-8-17-50(41)56-51(42)31-37)36-20-23-40-44-15-9-14-43-38(25-27-48(52(43)44)55-49(40)30-36)34-19-18-32-10-3-4-11-33(32)28-34/h3-31H,1-2H3. The molecular weight excluding hydrogens is 699 g/mol. The topological polar surface area (TPSA) is 12.5 Å². The van der Waals surface area contributed by atoms with E-state index in [2.05, 4.69) is 195 Å². The Morgan fingerprint density at radius 2 is 1.12 bits per heavy atom. The zero-order valence-corrected chi connectivity index (χ0v) is 31.8. The third-order valence-corrected chi connectivity index (χ3v) is 13.4. The Morgan fingerprint density at radius 1 is 0.429 bits per heavy atom. The van der Waals surface area contributed by atoms with Gasteiger partial charge >= 0.3 is 0 Å². The van der Waals surface area contributed by atoms with Crippen LogP contribution in [0, 0.1) is 0 Å². The number of hydrogen-bond acceptors (Lipinski definition) is 3. The Labute approximate surface area is 329 Å². The van der Waals surface area contributed by atoms with Gasteiger partial charge in [0.25, 0.3) is 0 Å². The second-order valence-corrected chi connectivity index (χ2v) is 16.8. The fourth-order valence-corrected chi connectivity index (χ4v) is 10.7. The minimum absolute atomic E-state index is 0.0620. The van der Waals surface area contributed by atoms with Crippen molar-refractivity contribution in [3.05, 3.63) is 187 Å². The number of fused-ring (bicyclic) bond motifs is 9. The predicted octanol–water partition coefficient (Wildman–Crippen LogP) is 15.6. The fraction of sp³-hybridized carbons (Fsp3) is 0.0566. The van der Waals surface area contributed by atoms with Gasteiger partial charge in [0.05, 0.1) is 0 Å². The van der Waals surface area contributed by atoms with Gasteiger partial charge in [-0.05, 0) is 110 Å². The number of rotatable bonds is 4. The first kappa shape index (κ1) is 31.6. The summed E-state index contributed by atoms with van der Waals surface area (Å²) in [5.41, 5.74) is 13.3. The molecule has 0 amide bonds. The number of anilines is 3. The highest BCUT2D eigenvalue weighted by Gasteiger charge is 2.35. The summed E-state index contributed by atoms with van der Waals surface area (Å²) < 4.78 is 9.49. The molecule has 2 heterocycles. The normalized spacial score (nSPS) is 13.5. The van der Waals surface area contributed by atoms with Crippen molar-refractivity contribution in [1.82, 2.24) is 0 Å². The molecule has 0 unspecified atom stereocenters. The molecule has 0 N–H and O–H groups in total. The van der Waals surface area contributed by atoms with Crippen LogP contribution >= 0.6 is 11.3 Å². The summed E-state index contributed by atoms with van der Waals surface area (Å²) in [5, 5.41) is 7.45. The molecule has 9 aromatic carbocycles. The molecule has 0 bridgehead atoms. The fourth-order valence-electron chi connectivity index (χ4n) is 9.52. The highest BCUT2D eigenvalue weighted by atomic mass is 32.1. The van der Waals surface area contributed by atoms with Crippen molar-refractivity contribution in [1.29, 1.82) is 0 Å². The summed E-state index contributed by atoms with van der Waals surface area (Å²) in [7, 11) is 0. The van der Waals surface area contributed by atoms with Gasteiger partial charge in [-0.2, -0.15) is 0 Å². The molecule has 0 fully saturated rings. The zero-order chi connectivity index (χ0) is 37.1. The molecule has 2 nitrogen and oxygen atoms in total. The van der Waals surface area contributed by atoms with Gasteiger partial charge in [-0.25, -0.2) is 0 Å². The molecule has 1 aliphatic carbocycles.